The van der Waals surface area contributed by atoms with Gasteiger partial charge in [0.05, 0.1) is 4.90 Å². The van der Waals surface area contributed by atoms with Gasteiger partial charge in [-0.15, -0.1) is 0 Å². The molecule has 1 aromatic carbocycles. The standard InChI is InChI=1S/C16H24N2O3S/c1-12-10-13(2)16(14(3)11-12)22(20,21)17-7-9-18-8-5-4-6-15(18)19/h10-11,17H,4-9H2,1-3H3. The van der Waals surface area contributed by atoms with E-state index in [0.29, 0.717) is 17.9 Å². The van der Waals surface area contributed by atoms with Crippen molar-refractivity contribution in [3.63, 3.8) is 0 Å². The molecule has 1 amide bonds. The number of hydrogen-bond donors (Lipinski definition) is 1. The van der Waals surface area contributed by atoms with E-state index in [-0.39, 0.29) is 12.5 Å². The molecular formula is C16H24N2O3S. The molecule has 1 saturated heterocycles. The normalized spacial score (nSPS) is 16.1. The zero-order valence-corrected chi connectivity index (χ0v) is 14.3. The number of aryl methyl sites for hydroxylation is 3. The highest BCUT2D eigenvalue weighted by Gasteiger charge is 2.21. The van der Waals surface area contributed by atoms with Crippen LogP contribution in [-0.2, 0) is 14.8 Å². The third kappa shape index (κ3) is 3.87. The maximum atomic E-state index is 12.5. The summed E-state index contributed by atoms with van der Waals surface area (Å²) in [4.78, 5) is 13.8. The summed E-state index contributed by atoms with van der Waals surface area (Å²) >= 11 is 0. The Balaban J connectivity index is 2.04. The average molecular weight is 324 g/mol. The number of piperidine rings is 1. The van der Waals surface area contributed by atoms with E-state index in [9.17, 15) is 13.2 Å². The van der Waals surface area contributed by atoms with Crippen LogP contribution >= 0.6 is 0 Å². The van der Waals surface area contributed by atoms with Crippen molar-refractivity contribution in [2.24, 2.45) is 0 Å². The van der Waals surface area contributed by atoms with Crippen LogP contribution in [0.25, 0.3) is 0 Å². The number of hydrogen-bond acceptors (Lipinski definition) is 3. The van der Waals surface area contributed by atoms with Crippen molar-refractivity contribution in [2.75, 3.05) is 19.6 Å². The highest BCUT2D eigenvalue weighted by atomic mass is 32.2. The summed E-state index contributed by atoms with van der Waals surface area (Å²) in [5.41, 5.74) is 2.55. The molecule has 0 bridgehead atoms. The van der Waals surface area contributed by atoms with Gasteiger partial charge in [-0.2, -0.15) is 0 Å². The van der Waals surface area contributed by atoms with E-state index < -0.39 is 10.0 Å². The van der Waals surface area contributed by atoms with Crippen molar-refractivity contribution in [3.05, 3.63) is 28.8 Å². The molecule has 0 spiro atoms. The molecule has 0 aliphatic carbocycles. The van der Waals surface area contributed by atoms with Crippen LogP contribution in [0.1, 0.15) is 36.0 Å². The summed E-state index contributed by atoms with van der Waals surface area (Å²) in [5, 5.41) is 0. The number of rotatable bonds is 5. The van der Waals surface area contributed by atoms with E-state index in [1.165, 1.54) is 0 Å². The van der Waals surface area contributed by atoms with Gasteiger partial charge in [0.1, 0.15) is 0 Å². The van der Waals surface area contributed by atoms with Crippen LogP contribution in [0.3, 0.4) is 0 Å². The molecular weight excluding hydrogens is 300 g/mol. The molecule has 0 aromatic heterocycles. The fourth-order valence-corrected chi connectivity index (χ4v) is 4.55. The van der Waals surface area contributed by atoms with Crippen molar-refractivity contribution in [1.29, 1.82) is 0 Å². The second kappa shape index (κ2) is 6.79. The van der Waals surface area contributed by atoms with Gasteiger partial charge in [0.2, 0.25) is 15.9 Å². The highest BCUT2D eigenvalue weighted by molar-refractivity contribution is 7.89. The van der Waals surface area contributed by atoms with Crippen molar-refractivity contribution < 1.29 is 13.2 Å². The quantitative estimate of drug-likeness (QED) is 0.899. The Hall–Kier alpha value is -1.40. The lowest BCUT2D eigenvalue weighted by atomic mass is 10.1. The molecule has 0 unspecified atom stereocenters. The van der Waals surface area contributed by atoms with Crippen LogP contribution in [0.2, 0.25) is 0 Å². The molecule has 5 nitrogen and oxygen atoms in total. The lowest BCUT2D eigenvalue weighted by Crippen LogP contribution is -2.41. The number of nitrogens with zero attached hydrogens (tertiary/aromatic N) is 1. The van der Waals surface area contributed by atoms with Crippen LogP contribution in [0.5, 0.6) is 0 Å². The molecule has 0 radical (unpaired) electrons. The van der Waals surface area contributed by atoms with Crippen molar-refractivity contribution in [2.45, 2.75) is 44.9 Å². The Morgan fingerprint density at radius 3 is 2.36 bits per heavy atom. The van der Waals surface area contributed by atoms with Gasteiger partial charge >= 0.3 is 0 Å². The van der Waals surface area contributed by atoms with E-state index in [1.54, 1.807) is 4.90 Å². The molecule has 1 aromatic rings. The van der Waals surface area contributed by atoms with Crippen LogP contribution in [0.4, 0.5) is 0 Å². The molecule has 1 fully saturated rings. The summed E-state index contributed by atoms with van der Waals surface area (Å²) in [5.74, 6) is 0.119. The smallest absolute Gasteiger partial charge is 0.241 e. The van der Waals surface area contributed by atoms with Crippen molar-refractivity contribution in [1.82, 2.24) is 9.62 Å². The monoisotopic (exact) mass is 324 g/mol. The fourth-order valence-electron chi connectivity index (χ4n) is 3.08. The molecule has 2 rings (SSSR count). The van der Waals surface area contributed by atoms with Gasteiger partial charge in [-0.1, -0.05) is 17.7 Å². The third-order valence-corrected chi connectivity index (χ3v) is 5.73. The van der Waals surface area contributed by atoms with E-state index >= 15 is 0 Å². The first-order valence-electron chi connectivity index (χ1n) is 7.66. The predicted octanol–water partition coefficient (Wildman–Crippen LogP) is 1.90. The van der Waals surface area contributed by atoms with Gasteiger partial charge in [0.25, 0.3) is 0 Å². The first-order valence-corrected chi connectivity index (χ1v) is 9.15. The molecule has 1 N–H and O–H groups in total. The first kappa shape index (κ1) is 17.0. The Kier molecular flexibility index (Phi) is 5.24. The summed E-state index contributed by atoms with van der Waals surface area (Å²) in [7, 11) is -3.54. The van der Waals surface area contributed by atoms with Gasteiger partial charge in [-0.05, 0) is 44.7 Å². The van der Waals surface area contributed by atoms with Gasteiger partial charge in [-0.3, -0.25) is 4.79 Å². The zero-order valence-electron chi connectivity index (χ0n) is 13.5. The maximum absolute atomic E-state index is 12.5. The van der Waals surface area contributed by atoms with Crippen molar-refractivity contribution in [3.8, 4) is 0 Å². The Morgan fingerprint density at radius 1 is 1.14 bits per heavy atom. The lowest BCUT2D eigenvalue weighted by molar-refractivity contribution is -0.133. The molecule has 1 aliphatic heterocycles. The Bertz CT molecular complexity index is 645. The van der Waals surface area contributed by atoms with Gasteiger partial charge in [0, 0.05) is 26.1 Å². The summed E-state index contributed by atoms with van der Waals surface area (Å²) in [6.07, 6.45) is 2.50. The molecule has 1 heterocycles. The van der Waals surface area contributed by atoms with Crippen LogP contribution in [-0.4, -0.2) is 38.9 Å². The van der Waals surface area contributed by atoms with Crippen LogP contribution < -0.4 is 4.72 Å². The maximum Gasteiger partial charge on any atom is 0.241 e. The number of carbonyl (C=O) groups excluding carboxylic acids is 1. The largest absolute Gasteiger partial charge is 0.341 e. The number of amides is 1. The summed E-state index contributed by atoms with van der Waals surface area (Å²) in [6.45, 7) is 6.98. The minimum atomic E-state index is -3.54. The number of nitrogens with one attached hydrogen (secondary N) is 1. The number of carbonyl (C=O) groups is 1. The van der Waals surface area contributed by atoms with Crippen LogP contribution in [0.15, 0.2) is 17.0 Å². The predicted molar refractivity (Wildman–Crippen MR) is 86.3 cm³/mol. The Morgan fingerprint density at radius 2 is 1.77 bits per heavy atom. The first-order chi connectivity index (χ1) is 10.3. The molecule has 122 valence electrons. The summed E-state index contributed by atoms with van der Waals surface area (Å²) < 4.78 is 27.6. The second-order valence-electron chi connectivity index (χ2n) is 5.96. The topological polar surface area (TPSA) is 66.5 Å². The Labute approximate surface area is 132 Å². The van der Waals surface area contributed by atoms with Gasteiger partial charge < -0.3 is 4.90 Å². The van der Waals surface area contributed by atoms with Gasteiger partial charge in [0.15, 0.2) is 0 Å². The molecule has 1 aliphatic rings. The van der Waals surface area contributed by atoms with E-state index in [1.807, 2.05) is 32.9 Å². The number of likely N-dealkylation sites (tertiary alicyclic amines) is 1. The SMILES string of the molecule is Cc1cc(C)c(S(=O)(=O)NCCN2CCCCC2=O)c(C)c1. The number of sulfonamides is 1. The van der Waals surface area contributed by atoms with Crippen LogP contribution in [0, 0.1) is 20.8 Å². The average Bonchev–Trinajstić information content (AvgIpc) is 2.39. The van der Waals surface area contributed by atoms with Gasteiger partial charge in [-0.25, -0.2) is 13.1 Å². The minimum Gasteiger partial charge on any atom is -0.341 e. The minimum absolute atomic E-state index is 0.119. The van der Waals surface area contributed by atoms with E-state index in [2.05, 4.69) is 4.72 Å². The third-order valence-electron chi connectivity index (χ3n) is 3.97. The molecule has 0 saturated carbocycles. The van der Waals surface area contributed by atoms with Crippen molar-refractivity contribution >= 4 is 15.9 Å². The molecule has 0 atom stereocenters. The lowest BCUT2D eigenvalue weighted by Gasteiger charge is -2.26. The molecule has 22 heavy (non-hydrogen) atoms. The zero-order chi connectivity index (χ0) is 16.3. The van der Waals surface area contributed by atoms with E-state index in [0.717, 1.165) is 36.1 Å². The second-order valence-corrected chi connectivity index (χ2v) is 7.67. The summed E-state index contributed by atoms with van der Waals surface area (Å²) in [6, 6.07) is 3.74. The van der Waals surface area contributed by atoms with E-state index in [4.69, 9.17) is 0 Å². The molecule has 6 heteroatoms. The fraction of sp³-hybridized carbons (Fsp3) is 0.562. The highest BCUT2D eigenvalue weighted by Crippen LogP contribution is 2.21. The number of benzene rings is 1.